The van der Waals surface area contributed by atoms with Crippen LogP contribution in [0.1, 0.15) is 15.9 Å². The van der Waals surface area contributed by atoms with Crippen molar-refractivity contribution in [2.24, 2.45) is 0 Å². The van der Waals surface area contributed by atoms with E-state index in [1.807, 2.05) is 6.07 Å². The average molecular weight is 400 g/mol. The Bertz CT molecular complexity index is 951. The smallest absolute Gasteiger partial charge is 0.339 e. The molecule has 1 unspecified atom stereocenters. The SMILES string of the molecule is COCCOc1c(-c2ccoc2)ccc(CS(=O)c2ccccc2)c1C(=O)O. The standard InChI is InChI=1S/C21H20O6S/c1-25-11-12-27-20-18(15-9-10-26-13-15)8-7-16(19(20)21(22)23)14-28(24)17-5-3-2-4-6-17/h2-10,13H,11-12,14H2,1H3,(H,22,23). The van der Waals surface area contributed by atoms with Crippen LogP contribution in [0.3, 0.4) is 0 Å². The minimum absolute atomic E-state index is 0.000848. The zero-order chi connectivity index (χ0) is 19.9. The average Bonchev–Trinajstić information content (AvgIpc) is 3.23. The second-order valence-corrected chi connectivity index (χ2v) is 7.39. The number of benzene rings is 2. The van der Waals surface area contributed by atoms with Gasteiger partial charge >= 0.3 is 5.97 Å². The van der Waals surface area contributed by atoms with Crippen molar-refractivity contribution in [1.29, 1.82) is 0 Å². The number of rotatable bonds is 9. The maximum atomic E-state index is 12.7. The molecule has 6 nitrogen and oxygen atoms in total. The molecule has 28 heavy (non-hydrogen) atoms. The normalized spacial score (nSPS) is 11.9. The number of hydrogen-bond acceptors (Lipinski definition) is 5. The highest BCUT2D eigenvalue weighted by molar-refractivity contribution is 7.84. The highest BCUT2D eigenvalue weighted by Gasteiger charge is 2.23. The Hall–Kier alpha value is -2.90. The van der Waals surface area contributed by atoms with E-state index < -0.39 is 16.8 Å². The number of furan rings is 1. The van der Waals surface area contributed by atoms with Crippen molar-refractivity contribution in [2.45, 2.75) is 10.6 Å². The first-order valence-corrected chi connectivity index (χ1v) is 9.90. The minimum Gasteiger partial charge on any atom is -0.490 e. The Morgan fingerprint density at radius 1 is 1.11 bits per heavy atom. The molecule has 1 heterocycles. The van der Waals surface area contributed by atoms with Gasteiger partial charge in [0.15, 0.2) is 0 Å². The Labute approximate surface area is 165 Å². The van der Waals surface area contributed by atoms with Crippen LogP contribution in [0.15, 0.2) is 70.4 Å². The number of methoxy groups -OCH3 is 1. The predicted octanol–water partition coefficient (Wildman–Crippen LogP) is 3.98. The monoisotopic (exact) mass is 400 g/mol. The molecule has 3 rings (SSSR count). The third-order valence-corrected chi connectivity index (χ3v) is 5.49. The summed E-state index contributed by atoms with van der Waals surface area (Å²) in [5.74, 6) is -0.857. The van der Waals surface area contributed by atoms with E-state index in [1.165, 1.54) is 19.6 Å². The van der Waals surface area contributed by atoms with Crippen LogP contribution < -0.4 is 4.74 Å². The number of carboxylic acid groups (broad SMARTS) is 1. The van der Waals surface area contributed by atoms with Gasteiger partial charge in [0.25, 0.3) is 0 Å². The summed E-state index contributed by atoms with van der Waals surface area (Å²) >= 11 is 0. The topological polar surface area (TPSA) is 86.0 Å². The molecule has 1 N–H and O–H groups in total. The number of carbonyl (C=O) groups is 1. The van der Waals surface area contributed by atoms with Crippen molar-refractivity contribution in [1.82, 2.24) is 0 Å². The predicted molar refractivity (Wildman–Crippen MR) is 105 cm³/mol. The van der Waals surface area contributed by atoms with E-state index >= 15 is 0 Å². The first-order valence-electron chi connectivity index (χ1n) is 8.58. The van der Waals surface area contributed by atoms with Crippen molar-refractivity contribution in [3.63, 3.8) is 0 Å². The van der Waals surface area contributed by atoms with Gasteiger partial charge in [-0.2, -0.15) is 0 Å². The van der Waals surface area contributed by atoms with Gasteiger partial charge in [-0.05, 0) is 23.8 Å². The van der Waals surface area contributed by atoms with E-state index in [-0.39, 0.29) is 23.7 Å². The highest BCUT2D eigenvalue weighted by Crippen LogP contribution is 2.36. The molecule has 0 aliphatic rings. The second-order valence-electron chi connectivity index (χ2n) is 5.94. The summed E-state index contributed by atoms with van der Waals surface area (Å²) in [6, 6.07) is 14.1. The molecule has 2 aromatic carbocycles. The molecule has 0 spiro atoms. The van der Waals surface area contributed by atoms with Gasteiger partial charge in [0, 0.05) is 23.1 Å². The van der Waals surface area contributed by atoms with E-state index in [0.717, 1.165) is 0 Å². The van der Waals surface area contributed by atoms with Gasteiger partial charge in [-0.15, -0.1) is 0 Å². The number of aromatic carboxylic acids is 1. The van der Waals surface area contributed by atoms with Crippen molar-refractivity contribution in [2.75, 3.05) is 20.3 Å². The first-order chi connectivity index (χ1) is 13.6. The zero-order valence-electron chi connectivity index (χ0n) is 15.3. The van der Waals surface area contributed by atoms with E-state index in [2.05, 4.69) is 0 Å². The molecule has 0 saturated carbocycles. The lowest BCUT2D eigenvalue weighted by Gasteiger charge is -2.16. The molecule has 0 aliphatic heterocycles. The summed E-state index contributed by atoms with van der Waals surface area (Å²) in [4.78, 5) is 12.7. The summed E-state index contributed by atoms with van der Waals surface area (Å²) in [5.41, 5.74) is 1.73. The lowest BCUT2D eigenvalue weighted by Crippen LogP contribution is -2.12. The van der Waals surface area contributed by atoms with Crippen molar-refractivity contribution in [3.05, 3.63) is 72.2 Å². The molecule has 7 heteroatoms. The second kappa shape index (κ2) is 9.34. The summed E-state index contributed by atoms with van der Waals surface area (Å²) in [6.07, 6.45) is 3.03. The Morgan fingerprint density at radius 2 is 1.89 bits per heavy atom. The number of carboxylic acids is 1. The molecular weight excluding hydrogens is 380 g/mol. The lowest BCUT2D eigenvalue weighted by atomic mass is 9.99. The molecule has 0 bridgehead atoms. The van der Waals surface area contributed by atoms with E-state index in [1.54, 1.807) is 42.5 Å². The van der Waals surface area contributed by atoms with Crippen LogP contribution in [0.2, 0.25) is 0 Å². The zero-order valence-corrected chi connectivity index (χ0v) is 16.1. The van der Waals surface area contributed by atoms with E-state index in [4.69, 9.17) is 13.9 Å². The van der Waals surface area contributed by atoms with Gasteiger partial charge in [0.2, 0.25) is 0 Å². The van der Waals surface area contributed by atoms with Crippen LogP contribution >= 0.6 is 0 Å². The third kappa shape index (κ3) is 4.49. The fraction of sp³-hybridized carbons (Fsp3) is 0.190. The summed E-state index contributed by atoms with van der Waals surface area (Å²) in [5, 5.41) is 9.87. The van der Waals surface area contributed by atoms with Gasteiger partial charge in [-0.3, -0.25) is 4.21 Å². The Balaban J connectivity index is 2.04. The number of ether oxygens (including phenoxy) is 2. The molecule has 3 aromatic rings. The van der Waals surface area contributed by atoms with Crippen LogP contribution in [0.25, 0.3) is 11.1 Å². The van der Waals surface area contributed by atoms with Crippen molar-refractivity contribution < 1.29 is 28.0 Å². The fourth-order valence-corrected chi connectivity index (χ4v) is 3.95. The van der Waals surface area contributed by atoms with Gasteiger partial charge in [-0.25, -0.2) is 4.79 Å². The van der Waals surface area contributed by atoms with E-state index in [9.17, 15) is 14.1 Å². The highest BCUT2D eigenvalue weighted by atomic mass is 32.2. The van der Waals surface area contributed by atoms with Crippen LogP contribution in [0.4, 0.5) is 0 Å². The molecule has 0 radical (unpaired) electrons. The van der Waals surface area contributed by atoms with Crippen LogP contribution in [-0.4, -0.2) is 35.6 Å². The van der Waals surface area contributed by atoms with E-state index in [0.29, 0.717) is 28.2 Å². The number of hydrogen-bond donors (Lipinski definition) is 1. The van der Waals surface area contributed by atoms with Crippen LogP contribution in [0.5, 0.6) is 5.75 Å². The summed E-state index contributed by atoms with van der Waals surface area (Å²) < 4.78 is 28.6. The molecular formula is C21H20O6S. The molecule has 146 valence electrons. The Kier molecular flexibility index (Phi) is 6.62. The third-order valence-electron chi connectivity index (χ3n) is 4.12. The minimum atomic E-state index is -1.38. The molecule has 0 fully saturated rings. The lowest BCUT2D eigenvalue weighted by molar-refractivity contribution is 0.0689. The van der Waals surface area contributed by atoms with Gasteiger partial charge in [-0.1, -0.05) is 30.3 Å². The largest absolute Gasteiger partial charge is 0.490 e. The Morgan fingerprint density at radius 3 is 2.54 bits per heavy atom. The maximum absolute atomic E-state index is 12.7. The van der Waals surface area contributed by atoms with Crippen molar-refractivity contribution >= 4 is 16.8 Å². The van der Waals surface area contributed by atoms with Crippen molar-refractivity contribution in [3.8, 4) is 16.9 Å². The van der Waals surface area contributed by atoms with Gasteiger partial charge < -0.3 is 19.0 Å². The molecule has 0 saturated heterocycles. The summed E-state index contributed by atoms with van der Waals surface area (Å²) in [6.45, 7) is 0.497. The molecule has 0 amide bonds. The van der Waals surface area contributed by atoms with Crippen LogP contribution in [0, 0.1) is 0 Å². The molecule has 1 atom stereocenters. The quantitative estimate of drug-likeness (QED) is 0.547. The first kappa shape index (κ1) is 19.9. The maximum Gasteiger partial charge on any atom is 0.339 e. The van der Waals surface area contributed by atoms with Gasteiger partial charge in [0.05, 0.1) is 35.7 Å². The van der Waals surface area contributed by atoms with Crippen LogP contribution in [-0.2, 0) is 21.3 Å². The fourth-order valence-electron chi connectivity index (χ4n) is 2.80. The molecule has 1 aromatic heterocycles. The van der Waals surface area contributed by atoms with Gasteiger partial charge in [0.1, 0.15) is 17.9 Å². The molecule has 0 aliphatic carbocycles. The summed E-state index contributed by atoms with van der Waals surface area (Å²) in [7, 11) is 0.157.